The zero-order valence-electron chi connectivity index (χ0n) is 12.0. The zero-order valence-corrected chi connectivity index (χ0v) is 12.0. The Labute approximate surface area is 126 Å². The number of aliphatic carboxylic acids is 2. The molecule has 0 spiro atoms. The summed E-state index contributed by atoms with van der Waals surface area (Å²) in [6.07, 6.45) is 2.06. The molecule has 1 aliphatic rings. The van der Waals surface area contributed by atoms with E-state index in [2.05, 4.69) is 0 Å². The van der Waals surface area contributed by atoms with Crippen LogP contribution < -0.4 is 9.64 Å². The molecule has 0 radical (unpaired) electrons. The summed E-state index contributed by atoms with van der Waals surface area (Å²) in [6.45, 7) is 1.31. The second-order valence-electron chi connectivity index (χ2n) is 4.82. The van der Waals surface area contributed by atoms with E-state index in [9.17, 15) is 19.5 Å². The first-order valence-electron chi connectivity index (χ1n) is 6.48. The van der Waals surface area contributed by atoms with Crippen molar-refractivity contribution in [3.05, 3.63) is 35.9 Å². The van der Waals surface area contributed by atoms with Gasteiger partial charge in [0.25, 0.3) is 0 Å². The second kappa shape index (κ2) is 5.88. The molecule has 2 N–H and O–H groups in total. The van der Waals surface area contributed by atoms with E-state index in [0.29, 0.717) is 17.0 Å². The van der Waals surface area contributed by atoms with Gasteiger partial charge in [-0.15, -0.1) is 0 Å². The van der Waals surface area contributed by atoms with E-state index < -0.39 is 23.9 Å². The van der Waals surface area contributed by atoms with Crippen molar-refractivity contribution in [1.82, 2.24) is 0 Å². The van der Waals surface area contributed by atoms with E-state index in [-0.39, 0.29) is 5.91 Å². The quantitative estimate of drug-likeness (QED) is 0.811. The molecule has 116 valence electrons. The molecule has 1 aromatic rings. The zero-order chi connectivity index (χ0) is 16.4. The standard InChI is InChI=1S/C15H15NO6/c1-8(17)16-11-4-3-9(22-2)7-10(11)14(15(20)21)12(16)5-6-13(18)19/h3-7,12,14H,1-2H3,(H,18,19)(H,20,21). The molecule has 1 aromatic carbocycles. The van der Waals surface area contributed by atoms with E-state index >= 15 is 0 Å². The fourth-order valence-electron chi connectivity index (χ4n) is 2.66. The Morgan fingerprint density at radius 3 is 2.45 bits per heavy atom. The van der Waals surface area contributed by atoms with Crippen molar-refractivity contribution in [2.24, 2.45) is 0 Å². The molecule has 1 aliphatic heterocycles. The lowest BCUT2D eigenvalue weighted by molar-refractivity contribution is -0.139. The topological polar surface area (TPSA) is 104 Å². The third-order valence-corrected chi connectivity index (χ3v) is 3.51. The van der Waals surface area contributed by atoms with E-state index in [1.54, 1.807) is 18.2 Å². The minimum absolute atomic E-state index is 0.366. The number of hydrogen-bond donors (Lipinski definition) is 2. The van der Waals surface area contributed by atoms with Gasteiger partial charge in [-0.1, -0.05) is 6.08 Å². The predicted octanol–water partition coefficient (Wildman–Crippen LogP) is 1.24. The van der Waals surface area contributed by atoms with Gasteiger partial charge in [0, 0.05) is 18.7 Å². The Morgan fingerprint density at radius 1 is 1.27 bits per heavy atom. The molecule has 0 bridgehead atoms. The smallest absolute Gasteiger partial charge is 0.328 e. The highest BCUT2D eigenvalue weighted by molar-refractivity contribution is 6.00. The highest BCUT2D eigenvalue weighted by Gasteiger charge is 2.43. The van der Waals surface area contributed by atoms with Crippen LogP contribution in [0.3, 0.4) is 0 Å². The Bertz CT molecular complexity index is 666. The van der Waals surface area contributed by atoms with Crippen LogP contribution in [0.5, 0.6) is 5.75 Å². The van der Waals surface area contributed by atoms with E-state index in [1.807, 2.05) is 0 Å². The number of ether oxygens (including phenoxy) is 1. The largest absolute Gasteiger partial charge is 0.497 e. The number of rotatable bonds is 4. The van der Waals surface area contributed by atoms with E-state index in [0.717, 1.165) is 6.08 Å². The molecule has 0 saturated heterocycles. The van der Waals surface area contributed by atoms with Gasteiger partial charge in [-0.2, -0.15) is 0 Å². The minimum atomic E-state index is -1.21. The normalized spacial score (nSPS) is 20.0. The lowest BCUT2D eigenvalue weighted by Gasteiger charge is -2.23. The first-order chi connectivity index (χ1) is 10.4. The molecule has 0 aliphatic carbocycles. The maximum absolute atomic E-state index is 11.9. The van der Waals surface area contributed by atoms with Crippen LogP contribution in [-0.2, 0) is 14.4 Å². The highest BCUT2D eigenvalue weighted by atomic mass is 16.5. The molecule has 0 aromatic heterocycles. The summed E-state index contributed by atoms with van der Waals surface area (Å²) in [5.41, 5.74) is 0.864. The van der Waals surface area contributed by atoms with Crippen LogP contribution in [0, 0.1) is 0 Å². The summed E-state index contributed by atoms with van der Waals surface area (Å²) in [7, 11) is 1.46. The number of carboxylic acid groups (broad SMARTS) is 2. The number of anilines is 1. The number of hydrogen-bond acceptors (Lipinski definition) is 4. The first kappa shape index (κ1) is 15.6. The summed E-state index contributed by atoms with van der Waals surface area (Å²) in [5, 5.41) is 18.3. The molecule has 7 nitrogen and oxygen atoms in total. The number of benzene rings is 1. The van der Waals surface area contributed by atoms with Crippen LogP contribution in [0.2, 0.25) is 0 Å². The maximum Gasteiger partial charge on any atom is 0.328 e. The van der Waals surface area contributed by atoms with Crippen molar-refractivity contribution in [1.29, 1.82) is 0 Å². The number of nitrogens with zero attached hydrogens (tertiary/aromatic N) is 1. The molecule has 0 saturated carbocycles. The number of methoxy groups -OCH3 is 1. The van der Waals surface area contributed by atoms with Crippen LogP contribution in [0.4, 0.5) is 5.69 Å². The fraction of sp³-hybridized carbons (Fsp3) is 0.267. The summed E-state index contributed by atoms with van der Waals surface area (Å²) in [4.78, 5) is 35.5. The van der Waals surface area contributed by atoms with E-state index in [1.165, 1.54) is 25.0 Å². The summed E-state index contributed by atoms with van der Waals surface area (Å²) in [6, 6.07) is 3.88. The minimum Gasteiger partial charge on any atom is -0.497 e. The Balaban J connectivity index is 2.60. The van der Waals surface area contributed by atoms with Crippen LogP contribution in [-0.4, -0.2) is 41.2 Å². The van der Waals surface area contributed by atoms with Crippen LogP contribution in [0.25, 0.3) is 0 Å². The van der Waals surface area contributed by atoms with Crippen molar-refractivity contribution >= 4 is 23.5 Å². The molecule has 1 amide bonds. The van der Waals surface area contributed by atoms with Gasteiger partial charge in [0.05, 0.1) is 13.2 Å². The molecule has 2 atom stereocenters. The molecule has 7 heteroatoms. The van der Waals surface area contributed by atoms with Crippen molar-refractivity contribution < 1.29 is 29.3 Å². The third kappa shape index (κ3) is 2.65. The monoisotopic (exact) mass is 305 g/mol. The van der Waals surface area contributed by atoms with Gasteiger partial charge in [0.1, 0.15) is 11.7 Å². The Hall–Kier alpha value is -2.83. The van der Waals surface area contributed by atoms with Gasteiger partial charge >= 0.3 is 11.9 Å². The molecule has 0 fully saturated rings. The second-order valence-corrected chi connectivity index (χ2v) is 4.82. The number of carbonyl (C=O) groups excluding carboxylic acids is 1. The summed E-state index contributed by atoms with van der Waals surface area (Å²) in [5.74, 6) is -3.30. The molecule has 22 heavy (non-hydrogen) atoms. The SMILES string of the molecule is COc1ccc2c(c1)C(C(=O)O)C(C=CC(=O)O)N2C(C)=O. The average Bonchev–Trinajstić information content (AvgIpc) is 2.78. The Kier molecular flexibility index (Phi) is 4.16. The van der Waals surface area contributed by atoms with Crippen LogP contribution in [0.1, 0.15) is 18.4 Å². The fourth-order valence-corrected chi connectivity index (χ4v) is 2.66. The number of amides is 1. The van der Waals surface area contributed by atoms with Gasteiger partial charge in [0.2, 0.25) is 5.91 Å². The van der Waals surface area contributed by atoms with Gasteiger partial charge in [-0.25, -0.2) is 4.79 Å². The Morgan fingerprint density at radius 2 is 1.95 bits per heavy atom. The predicted molar refractivity (Wildman–Crippen MR) is 77.1 cm³/mol. The lowest BCUT2D eigenvalue weighted by atomic mass is 9.94. The first-order valence-corrected chi connectivity index (χ1v) is 6.48. The van der Waals surface area contributed by atoms with Crippen LogP contribution in [0.15, 0.2) is 30.4 Å². The van der Waals surface area contributed by atoms with Gasteiger partial charge in [-0.3, -0.25) is 9.59 Å². The molecular weight excluding hydrogens is 290 g/mol. The molecule has 1 heterocycles. The van der Waals surface area contributed by atoms with Crippen LogP contribution >= 0.6 is 0 Å². The number of carbonyl (C=O) groups is 3. The summed E-state index contributed by atoms with van der Waals surface area (Å²) >= 11 is 0. The molecule has 2 unspecified atom stereocenters. The average molecular weight is 305 g/mol. The third-order valence-electron chi connectivity index (χ3n) is 3.51. The molecule has 2 rings (SSSR count). The lowest BCUT2D eigenvalue weighted by Crippen LogP contribution is -2.38. The van der Waals surface area contributed by atoms with Crippen molar-refractivity contribution in [2.75, 3.05) is 12.0 Å². The van der Waals surface area contributed by atoms with Gasteiger partial charge in [0.15, 0.2) is 0 Å². The van der Waals surface area contributed by atoms with Gasteiger partial charge < -0.3 is 19.8 Å². The molecular formula is C15H15NO6. The maximum atomic E-state index is 11.9. The van der Waals surface area contributed by atoms with Crippen molar-refractivity contribution in [3.8, 4) is 5.75 Å². The van der Waals surface area contributed by atoms with Crippen molar-refractivity contribution in [2.45, 2.75) is 18.9 Å². The van der Waals surface area contributed by atoms with Crippen molar-refractivity contribution in [3.63, 3.8) is 0 Å². The van der Waals surface area contributed by atoms with E-state index in [4.69, 9.17) is 9.84 Å². The number of carboxylic acids is 2. The van der Waals surface area contributed by atoms with Gasteiger partial charge in [-0.05, 0) is 23.8 Å². The number of fused-ring (bicyclic) bond motifs is 1. The summed E-state index contributed by atoms with van der Waals surface area (Å²) < 4.78 is 5.09. The highest BCUT2D eigenvalue weighted by Crippen LogP contribution is 2.43.